The van der Waals surface area contributed by atoms with Crippen molar-refractivity contribution in [2.24, 2.45) is 0 Å². The Morgan fingerprint density at radius 3 is 2.35 bits per heavy atom. The Morgan fingerprint density at radius 1 is 0.885 bits per heavy atom. The first-order valence-electron chi connectivity index (χ1n) is 9.38. The third-order valence-electron chi connectivity index (χ3n) is 5.18. The summed E-state index contributed by atoms with van der Waals surface area (Å²) in [5.74, 6) is 0.989. The lowest BCUT2D eigenvalue weighted by Gasteiger charge is -2.26. The van der Waals surface area contributed by atoms with E-state index in [1.54, 1.807) is 12.1 Å². The summed E-state index contributed by atoms with van der Waals surface area (Å²) in [5.41, 5.74) is 0.840. The van der Waals surface area contributed by atoms with Crippen molar-refractivity contribution < 1.29 is 13.2 Å². The Hall–Kier alpha value is -1.70. The Morgan fingerprint density at radius 2 is 1.62 bits per heavy atom. The Labute approximate surface area is 154 Å². The first kappa shape index (κ1) is 17.7. The van der Waals surface area contributed by atoms with Crippen LogP contribution in [0.5, 0.6) is 0 Å². The van der Waals surface area contributed by atoms with Crippen LogP contribution in [0.15, 0.2) is 35.2 Å². The number of rotatable bonds is 3. The lowest BCUT2D eigenvalue weighted by atomic mass is 10.2. The molecule has 0 atom stereocenters. The summed E-state index contributed by atoms with van der Waals surface area (Å²) < 4.78 is 32.4. The monoisotopic (exact) mass is 375 g/mol. The molecule has 1 aromatic carbocycles. The summed E-state index contributed by atoms with van der Waals surface area (Å²) in [6.07, 6.45) is 4.98. The molecule has 1 aromatic heterocycles. The van der Waals surface area contributed by atoms with Gasteiger partial charge in [-0.1, -0.05) is 12.8 Å². The van der Waals surface area contributed by atoms with E-state index in [-0.39, 0.29) is 0 Å². The molecule has 7 heteroatoms. The van der Waals surface area contributed by atoms with Gasteiger partial charge in [0.05, 0.1) is 23.6 Å². The van der Waals surface area contributed by atoms with E-state index in [1.165, 1.54) is 30.0 Å². The second-order valence-corrected chi connectivity index (χ2v) is 8.88. The number of nitrogens with zero attached hydrogens (tertiary/aromatic N) is 3. The summed E-state index contributed by atoms with van der Waals surface area (Å²) in [6, 6.07) is 9.23. The van der Waals surface area contributed by atoms with Crippen molar-refractivity contribution in [3.8, 4) is 0 Å². The highest BCUT2D eigenvalue weighted by Gasteiger charge is 2.26. The quantitative estimate of drug-likeness (QED) is 0.825. The van der Waals surface area contributed by atoms with Gasteiger partial charge in [-0.25, -0.2) is 13.4 Å². The molecule has 26 heavy (non-hydrogen) atoms. The summed E-state index contributed by atoms with van der Waals surface area (Å²) in [6.45, 7) is 3.81. The van der Waals surface area contributed by atoms with Gasteiger partial charge in [-0.15, -0.1) is 0 Å². The zero-order chi connectivity index (χ0) is 18.0. The maximum absolute atomic E-state index is 12.8. The van der Waals surface area contributed by atoms with Gasteiger partial charge in [-0.3, -0.25) is 0 Å². The topological polar surface area (TPSA) is 62.7 Å². The van der Waals surface area contributed by atoms with Crippen LogP contribution in [0, 0.1) is 0 Å². The maximum atomic E-state index is 12.8. The van der Waals surface area contributed by atoms with Gasteiger partial charge in [-0.2, -0.15) is 4.31 Å². The normalized spacial score (nSPS) is 20.2. The van der Waals surface area contributed by atoms with E-state index < -0.39 is 10.0 Å². The summed E-state index contributed by atoms with van der Waals surface area (Å²) in [5, 5.41) is 0.859. The Bertz CT molecular complexity index is 871. The van der Waals surface area contributed by atoms with E-state index in [0.717, 1.165) is 29.8 Å². The van der Waals surface area contributed by atoms with Crippen LogP contribution in [0.25, 0.3) is 10.9 Å². The predicted molar refractivity (Wildman–Crippen MR) is 102 cm³/mol. The van der Waals surface area contributed by atoms with Gasteiger partial charge in [0.15, 0.2) is 0 Å². The highest BCUT2D eigenvalue weighted by atomic mass is 32.2. The molecule has 0 aliphatic carbocycles. The first-order valence-corrected chi connectivity index (χ1v) is 10.8. The van der Waals surface area contributed by atoms with Gasteiger partial charge in [-0.05, 0) is 43.2 Å². The number of pyridine rings is 1. The second-order valence-electron chi connectivity index (χ2n) is 6.94. The zero-order valence-electron chi connectivity index (χ0n) is 14.9. The van der Waals surface area contributed by atoms with E-state index in [4.69, 9.17) is 9.72 Å². The largest absolute Gasteiger partial charge is 0.379 e. The standard InChI is InChI=1S/C19H25N3O3S/c23-26(24,22-11-13-25-14-12-22)17-6-7-18-16(15-17)5-8-19(20-18)21-9-3-1-2-4-10-21/h5-8,15H,1-4,9-14H2. The minimum Gasteiger partial charge on any atom is -0.379 e. The molecule has 0 saturated carbocycles. The number of aromatic nitrogens is 1. The molecule has 6 nitrogen and oxygen atoms in total. The third kappa shape index (κ3) is 3.56. The SMILES string of the molecule is O=S(=O)(c1ccc2nc(N3CCCCCC3)ccc2c1)N1CCOCC1. The molecule has 2 aliphatic rings. The number of anilines is 1. The number of hydrogen-bond acceptors (Lipinski definition) is 5. The molecule has 2 saturated heterocycles. The number of hydrogen-bond donors (Lipinski definition) is 0. The fourth-order valence-corrected chi connectivity index (χ4v) is 5.11. The van der Waals surface area contributed by atoms with Crippen LogP contribution in [0.1, 0.15) is 25.7 Å². The highest BCUT2D eigenvalue weighted by Crippen LogP contribution is 2.25. The molecular formula is C19H25N3O3S. The van der Waals surface area contributed by atoms with Crippen LogP contribution >= 0.6 is 0 Å². The van der Waals surface area contributed by atoms with E-state index >= 15 is 0 Å². The smallest absolute Gasteiger partial charge is 0.243 e. The minimum absolute atomic E-state index is 0.330. The summed E-state index contributed by atoms with van der Waals surface area (Å²) in [7, 11) is -3.47. The van der Waals surface area contributed by atoms with Gasteiger partial charge in [0.2, 0.25) is 10.0 Å². The summed E-state index contributed by atoms with van der Waals surface area (Å²) >= 11 is 0. The number of morpholine rings is 1. The molecular weight excluding hydrogens is 350 g/mol. The molecule has 0 amide bonds. The number of sulfonamides is 1. The summed E-state index contributed by atoms with van der Waals surface area (Å²) in [4.78, 5) is 7.44. The number of ether oxygens (including phenoxy) is 1. The Balaban J connectivity index is 1.62. The van der Waals surface area contributed by atoms with Crippen molar-refractivity contribution in [3.63, 3.8) is 0 Å². The fourth-order valence-electron chi connectivity index (χ4n) is 3.67. The zero-order valence-corrected chi connectivity index (χ0v) is 15.7. The van der Waals surface area contributed by atoms with Gasteiger partial charge < -0.3 is 9.64 Å². The molecule has 0 radical (unpaired) electrons. The van der Waals surface area contributed by atoms with Crippen LogP contribution in [-0.2, 0) is 14.8 Å². The van der Waals surface area contributed by atoms with Crippen molar-refractivity contribution in [3.05, 3.63) is 30.3 Å². The van der Waals surface area contributed by atoms with Gasteiger partial charge in [0.25, 0.3) is 0 Å². The number of fused-ring (bicyclic) bond motifs is 1. The lowest BCUT2D eigenvalue weighted by molar-refractivity contribution is 0.0730. The molecule has 4 rings (SSSR count). The molecule has 0 spiro atoms. The predicted octanol–water partition coefficient (Wildman–Crippen LogP) is 2.64. The molecule has 0 N–H and O–H groups in total. The van der Waals surface area contributed by atoms with Gasteiger partial charge >= 0.3 is 0 Å². The van der Waals surface area contributed by atoms with Crippen LogP contribution in [0.3, 0.4) is 0 Å². The highest BCUT2D eigenvalue weighted by molar-refractivity contribution is 7.89. The lowest BCUT2D eigenvalue weighted by Crippen LogP contribution is -2.40. The molecule has 3 heterocycles. The van der Waals surface area contributed by atoms with Crippen molar-refractivity contribution >= 4 is 26.7 Å². The van der Waals surface area contributed by atoms with E-state index in [9.17, 15) is 8.42 Å². The minimum atomic E-state index is -3.47. The van der Waals surface area contributed by atoms with Crippen LogP contribution in [0.4, 0.5) is 5.82 Å². The second kappa shape index (κ2) is 7.50. The van der Waals surface area contributed by atoms with E-state index in [0.29, 0.717) is 31.2 Å². The van der Waals surface area contributed by atoms with Crippen LogP contribution in [-0.4, -0.2) is 57.1 Å². The van der Waals surface area contributed by atoms with Crippen molar-refractivity contribution in [1.82, 2.24) is 9.29 Å². The first-order chi connectivity index (χ1) is 12.6. The average molecular weight is 375 g/mol. The van der Waals surface area contributed by atoms with Crippen molar-refractivity contribution in [1.29, 1.82) is 0 Å². The maximum Gasteiger partial charge on any atom is 0.243 e. The molecule has 2 fully saturated rings. The van der Waals surface area contributed by atoms with Crippen LogP contribution < -0.4 is 4.90 Å². The van der Waals surface area contributed by atoms with Gasteiger partial charge in [0.1, 0.15) is 5.82 Å². The molecule has 0 unspecified atom stereocenters. The third-order valence-corrected chi connectivity index (χ3v) is 7.08. The van der Waals surface area contributed by atoms with Crippen molar-refractivity contribution in [2.75, 3.05) is 44.3 Å². The van der Waals surface area contributed by atoms with Gasteiger partial charge in [0, 0.05) is 31.6 Å². The number of benzene rings is 1. The van der Waals surface area contributed by atoms with Crippen LogP contribution in [0.2, 0.25) is 0 Å². The molecule has 2 aromatic rings. The average Bonchev–Trinajstić information content (AvgIpc) is 2.97. The van der Waals surface area contributed by atoms with Crippen molar-refractivity contribution in [2.45, 2.75) is 30.6 Å². The fraction of sp³-hybridized carbons (Fsp3) is 0.526. The molecule has 0 bridgehead atoms. The molecule has 2 aliphatic heterocycles. The van der Waals surface area contributed by atoms with E-state index in [1.807, 2.05) is 18.2 Å². The molecule has 140 valence electrons. The Kier molecular flexibility index (Phi) is 5.11. The van der Waals surface area contributed by atoms with E-state index in [2.05, 4.69) is 4.90 Å².